The maximum Gasteiger partial charge on any atom is 0.260 e. The van der Waals surface area contributed by atoms with Gasteiger partial charge in [-0.25, -0.2) is 4.39 Å². The van der Waals surface area contributed by atoms with Gasteiger partial charge in [-0.1, -0.05) is 12.1 Å². The van der Waals surface area contributed by atoms with Gasteiger partial charge in [0, 0.05) is 12.6 Å². The van der Waals surface area contributed by atoms with E-state index < -0.39 is 11.9 Å². The van der Waals surface area contributed by atoms with Crippen LogP contribution >= 0.6 is 0 Å². The summed E-state index contributed by atoms with van der Waals surface area (Å²) in [4.78, 5) is 11.8. The van der Waals surface area contributed by atoms with E-state index in [4.69, 9.17) is 9.84 Å². The van der Waals surface area contributed by atoms with E-state index in [0.717, 1.165) is 0 Å². The van der Waals surface area contributed by atoms with Gasteiger partial charge in [0.1, 0.15) is 0 Å². The molecule has 0 aliphatic heterocycles. The third kappa shape index (κ3) is 5.26. The topological polar surface area (TPSA) is 58.6 Å². The zero-order chi connectivity index (χ0) is 14.3. The summed E-state index contributed by atoms with van der Waals surface area (Å²) in [5, 5.41) is 11.5. The van der Waals surface area contributed by atoms with Crippen LogP contribution in [0, 0.1) is 5.82 Å². The number of carbonyl (C=O) groups is 1. The number of nitrogens with one attached hydrogen (secondary N) is 1. The summed E-state index contributed by atoms with van der Waals surface area (Å²) < 4.78 is 18.6. The third-order valence-electron chi connectivity index (χ3n) is 2.69. The van der Waals surface area contributed by atoms with Gasteiger partial charge in [-0.3, -0.25) is 4.79 Å². The number of aliphatic hydroxyl groups is 1. The molecule has 0 saturated carbocycles. The molecule has 5 heteroatoms. The lowest BCUT2D eigenvalue weighted by Gasteiger charge is -2.18. The fourth-order valence-electron chi connectivity index (χ4n) is 1.61. The van der Waals surface area contributed by atoms with Gasteiger partial charge < -0.3 is 15.2 Å². The lowest BCUT2D eigenvalue weighted by molar-refractivity contribution is -0.128. The quantitative estimate of drug-likeness (QED) is 0.794. The van der Waals surface area contributed by atoms with Crippen molar-refractivity contribution in [3.05, 3.63) is 30.1 Å². The molecule has 0 fully saturated rings. The van der Waals surface area contributed by atoms with Crippen LogP contribution in [-0.4, -0.2) is 29.8 Å². The molecule has 0 saturated heterocycles. The summed E-state index contributed by atoms with van der Waals surface area (Å²) in [5.41, 5.74) is 0. The highest BCUT2D eigenvalue weighted by molar-refractivity contribution is 5.80. The number of benzene rings is 1. The fraction of sp³-hybridized carbons (Fsp3) is 0.500. The largest absolute Gasteiger partial charge is 0.478 e. The van der Waals surface area contributed by atoms with E-state index in [2.05, 4.69) is 5.32 Å². The molecule has 1 amide bonds. The Labute approximate surface area is 112 Å². The van der Waals surface area contributed by atoms with Crippen molar-refractivity contribution in [3.63, 3.8) is 0 Å². The van der Waals surface area contributed by atoms with Crippen LogP contribution in [0.3, 0.4) is 0 Å². The highest BCUT2D eigenvalue weighted by Gasteiger charge is 2.17. The van der Waals surface area contributed by atoms with Gasteiger partial charge in [0.25, 0.3) is 5.91 Å². The zero-order valence-corrected chi connectivity index (χ0v) is 11.2. The smallest absolute Gasteiger partial charge is 0.260 e. The van der Waals surface area contributed by atoms with Crippen molar-refractivity contribution in [3.8, 4) is 5.75 Å². The molecule has 2 N–H and O–H groups in total. The summed E-state index contributed by atoms with van der Waals surface area (Å²) in [6.07, 6.45) is 0.548. The Balaban J connectivity index is 2.47. The predicted octanol–water partition coefficient (Wildman–Crippen LogP) is 1.87. The van der Waals surface area contributed by atoms with Gasteiger partial charge in [-0.2, -0.15) is 0 Å². The number of ether oxygens (including phenoxy) is 1. The number of hydrogen-bond donors (Lipinski definition) is 2. The molecule has 0 radical (unpaired) electrons. The van der Waals surface area contributed by atoms with Crippen LogP contribution in [0.1, 0.15) is 26.7 Å². The van der Waals surface area contributed by atoms with E-state index in [-0.39, 0.29) is 24.3 Å². The molecule has 1 aromatic carbocycles. The summed E-state index contributed by atoms with van der Waals surface area (Å²) in [6, 6.07) is 5.92. The van der Waals surface area contributed by atoms with Crippen LogP contribution in [0.15, 0.2) is 24.3 Å². The maximum absolute atomic E-state index is 13.4. The van der Waals surface area contributed by atoms with Crippen LogP contribution in [0.5, 0.6) is 5.75 Å². The van der Waals surface area contributed by atoms with E-state index in [1.807, 2.05) is 6.92 Å². The van der Waals surface area contributed by atoms with Crippen LogP contribution in [0.2, 0.25) is 0 Å². The first kappa shape index (κ1) is 15.4. The predicted molar refractivity (Wildman–Crippen MR) is 70.4 cm³/mol. The molecule has 1 rings (SSSR count). The molecule has 0 bridgehead atoms. The molecule has 0 aliphatic rings. The lowest BCUT2D eigenvalue weighted by Crippen LogP contribution is -2.41. The molecular weight excluding hydrogens is 249 g/mol. The first-order chi connectivity index (χ1) is 9.04. The van der Waals surface area contributed by atoms with E-state index in [1.165, 1.54) is 12.1 Å². The summed E-state index contributed by atoms with van der Waals surface area (Å²) in [6.45, 7) is 3.52. The summed E-state index contributed by atoms with van der Waals surface area (Å²) in [5.74, 6) is -0.725. The van der Waals surface area contributed by atoms with Gasteiger partial charge in [0.05, 0.1) is 0 Å². The summed E-state index contributed by atoms with van der Waals surface area (Å²) >= 11 is 0. The second-order valence-corrected chi connectivity index (χ2v) is 4.47. The monoisotopic (exact) mass is 269 g/mol. The van der Waals surface area contributed by atoms with E-state index in [9.17, 15) is 9.18 Å². The Morgan fingerprint density at radius 1 is 1.42 bits per heavy atom. The van der Waals surface area contributed by atoms with Crippen molar-refractivity contribution in [1.29, 1.82) is 0 Å². The number of para-hydroxylation sites is 1. The molecule has 4 nitrogen and oxygen atoms in total. The maximum atomic E-state index is 13.4. The van der Waals surface area contributed by atoms with E-state index in [0.29, 0.717) is 12.8 Å². The van der Waals surface area contributed by atoms with Crippen LogP contribution in [0.25, 0.3) is 0 Å². The number of rotatable bonds is 7. The van der Waals surface area contributed by atoms with Crippen LogP contribution in [-0.2, 0) is 4.79 Å². The second-order valence-electron chi connectivity index (χ2n) is 4.47. The molecule has 2 atom stereocenters. The molecule has 0 aromatic heterocycles. The van der Waals surface area contributed by atoms with Gasteiger partial charge in [-0.15, -0.1) is 0 Å². The van der Waals surface area contributed by atoms with Gasteiger partial charge in [-0.05, 0) is 38.8 Å². The fourth-order valence-corrected chi connectivity index (χ4v) is 1.61. The third-order valence-corrected chi connectivity index (χ3v) is 2.69. The Kier molecular flexibility index (Phi) is 6.29. The number of aliphatic hydroxyl groups excluding tert-OH is 1. The normalized spacial score (nSPS) is 13.7. The van der Waals surface area contributed by atoms with E-state index in [1.54, 1.807) is 19.1 Å². The molecule has 106 valence electrons. The zero-order valence-electron chi connectivity index (χ0n) is 11.2. The van der Waals surface area contributed by atoms with Crippen LogP contribution < -0.4 is 10.1 Å². The first-order valence-corrected chi connectivity index (χ1v) is 6.37. The van der Waals surface area contributed by atoms with Crippen molar-refractivity contribution in [2.45, 2.75) is 38.8 Å². The second kappa shape index (κ2) is 7.74. The standard InChI is InChI=1S/C14H20FNO3/c1-10(6-5-9-17)16-14(18)11(2)19-13-8-4-3-7-12(13)15/h3-4,7-8,10-11,17H,5-6,9H2,1-2H3,(H,16,18). The molecule has 0 spiro atoms. The van der Waals surface area contributed by atoms with Gasteiger partial charge in [0.15, 0.2) is 17.7 Å². The molecule has 2 unspecified atom stereocenters. The Bertz CT molecular complexity index is 411. The molecule has 0 heterocycles. The van der Waals surface area contributed by atoms with Crippen molar-refractivity contribution < 1.29 is 19.0 Å². The van der Waals surface area contributed by atoms with Crippen molar-refractivity contribution in [2.75, 3.05) is 6.61 Å². The van der Waals surface area contributed by atoms with Crippen molar-refractivity contribution in [2.24, 2.45) is 0 Å². The molecule has 0 aliphatic carbocycles. The number of hydrogen-bond acceptors (Lipinski definition) is 3. The SMILES string of the molecule is CC(CCCO)NC(=O)C(C)Oc1ccccc1F. The number of carbonyl (C=O) groups excluding carboxylic acids is 1. The molecule has 19 heavy (non-hydrogen) atoms. The number of amides is 1. The van der Waals surface area contributed by atoms with Crippen LogP contribution in [0.4, 0.5) is 4.39 Å². The average Bonchev–Trinajstić information content (AvgIpc) is 2.38. The minimum atomic E-state index is -0.770. The number of halogens is 1. The van der Waals surface area contributed by atoms with Gasteiger partial charge in [0.2, 0.25) is 0 Å². The summed E-state index contributed by atoms with van der Waals surface area (Å²) in [7, 11) is 0. The average molecular weight is 269 g/mol. The van der Waals surface area contributed by atoms with Crippen molar-refractivity contribution >= 4 is 5.91 Å². The Morgan fingerprint density at radius 3 is 2.74 bits per heavy atom. The Morgan fingerprint density at radius 2 is 2.11 bits per heavy atom. The Hall–Kier alpha value is -1.62. The highest BCUT2D eigenvalue weighted by atomic mass is 19.1. The molecular formula is C14H20FNO3. The van der Waals surface area contributed by atoms with Gasteiger partial charge >= 0.3 is 0 Å². The minimum Gasteiger partial charge on any atom is -0.478 e. The highest BCUT2D eigenvalue weighted by Crippen LogP contribution is 2.17. The first-order valence-electron chi connectivity index (χ1n) is 6.37. The van der Waals surface area contributed by atoms with E-state index >= 15 is 0 Å². The lowest BCUT2D eigenvalue weighted by atomic mass is 10.2. The molecule has 1 aromatic rings. The minimum absolute atomic E-state index is 0.0497. The van der Waals surface area contributed by atoms with Crippen molar-refractivity contribution in [1.82, 2.24) is 5.32 Å².